The number of hydrogen-bond acceptors (Lipinski definition) is 8. The van der Waals surface area contributed by atoms with E-state index in [0.717, 1.165) is 12.8 Å². The summed E-state index contributed by atoms with van der Waals surface area (Å²) in [5, 5.41) is 23.6. The predicted octanol–water partition coefficient (Wildman–Crippen LogP) is 2.19. The molecule has 13 unspecified atom stereocenters. The van der Waals surface area contributed by atoms with E-state index in [1.165, 1.54) is 0 Å². The molecule has 0 amide bonds. The lowest BCUT2D eigenvalue weighted by molar-refractivity contribution is -0.438. The molecule has 4 bridgehead atoms. The molecule has 5 aliphatic heterocycles. The highest BCUT2D eigenvalue weighted by atomic mass is 16.8. The maximum atomic E-state index is 13.5. The van der Waals surface area contributed by atoms with Crippen molar-refractivity contribution < 1.29 is 38.7 Å². The molecule has 0 radical (unpaired) electrons. The van der Waals surface area contributed by atoms with E-state index in [9.17, 15) is 19.8 Å². The molecule has 2 N–H and O–H groups in total. The lowest BCUT2D eigenvalue weighted by atomic mass is 9.45. The van der Waals surface area contributed by atoms with Crippen LogP contribution in [0, 0.1) is 28.6 Å². The first kappa shape index (κ1) is 22.6. The number of rotatable bonds is 1. The van der Waals surface area contributed by atoms with Crippen LogP contribution in [0.15, 0.2) is 12.2 Å². The van der Waals surface area contributed by atoms with E-state index in [1.807, 2.05) is 6.08 Å². The minimum Gasteiger partial charge on any atom is -0.458 e. The van der Waals surface area contributed by atoms with Gasteiger partial charge in [0.1, 0.15) is 17.8 Å². The maximum Gasteiger partial charge on any atom is 0.315 e. The molecule has 8 nitrogen and oxygen atoms in total. The molecule has 3 saturated carbocycles. The van der Waals surface area contributed by atoms with Gasteiger partial charge in [-0.15, -0.1) is 0 Å². The minimum atomic E-state index is -1.59. The number of allylic oxidation sites excluding steroid dienone is 1. The molecule has 0 aromatic rings. The fourth-order valence-corrected chi connectivity index (χ4v) is 10.3. The second-order valence-electron chi connectivity index (χ2n) is 13.9. The molecule has 4 aliphatic carbocycles. The van der Waals surface area contributed by atoms with Crippen LogP contribution in [-0.4, -0.2) is 68.5 Å². The molecule has 0 aromatic heterocycles. The van der Waals surface area contributed by atoms with Crippen LogP contribution in [0.5, 0.6) is 0 Å². The average molecular weight is 501 g/mol. The van der Waals surface area contributed by atoms with E-state index in [2.05, 4.69) is 13.8 Å². The molecule has 8 fully saturated rings. The van der Waals surface area contributed by atoms with Gasteiger partial charge in [0.05, 0.1) is 28.1 Å². The van der Waals surface area contributed by atoms with E-state index >= 15 is 0 Å². The lowest BCUT2D eigenvalue weighted by Gasteiger charge is -2.67. The van der Waals surface area contributed by atoms with E-state index < -0.39 is 51.1 Å². The van der Waals surface area contributed by atoms with Gasteiger partial charge in [-0.1, -0.05) is 13.0 Å². The van der Waals surface area contributed by atoms with Gasteiger partial charge in [0.25, 0.3) is 0 Å². The Morgan fingerprint density at radius 1 is 1.06 bits per heavy atom. The SMILES string of the molecule is CC1CCC2C3C(OC4(C5(O)CC6(C)C(=O)OC5CC6(C)O)CCC13O4)C1OC13CC=CC(=O)C23C. The summed E-state index contributed by atoms with van der Waals surface area (Å²) in [7, 11) is 0. The third-order valence-electron chi connectivity index (χ3n) is 12.8. The van der Waals surface area contributed by atoms with Crippen LogP contribution in [0.2, 0.25) is 0 Å². The topological polar surface area (TPSA) is 115 Å². The quantitative estimate of drug-likeness (QED) is 0.416. The fourth-order valence-electron chi connectivity index (χ4n) is 10.3. The van der Waals surface area contributed by atoms with Crippen LogP contribution in [0.25, 0.3) is 0 Å². The van der Waals surface area contributed by atoms with Gasteiger partial charge in [-0.05, 0) is 64.4 Å². The summed E-state index contributed by atoms with van der Waals surface area (Å²) in [5.41, 5.74) is -5.89. The maximum absolute atomic E-state index is 13.5. The van der Waals surface area contributed by atoms with Gasteiger partial charge < -0.3 is 29.2 Å². The molecule has 9 rings (SSSR count). The predicted molar refractivity (Wildman–Crippen MR) is 123 cm³/mol. The molecule has 196 valence electrons. The molecular formula is C28H36O8. The second-order valence-corrected chi connectivity index (χ2v) is 13.9. The lowest BCUT2D eigenvalue weighted by Crippen LogP contribution is -2.80. The van der Waals surface area contributed by atoms with E-state index in [4.69, 9.17) is 18.9 Å². The minimum absolute atomic E-state index is 0.0106. The fraction of sp³-hybridized carbons (Fsp3) is 0.857. The molecule has 0 aromatic carbocycles. The largest absolute Gasteiger partial charge is 0.458 e. The number of hydrogen-bond donors (Lipinski definition) is 2. The number of carbonyl (C=O) groups is 2. The summed E-state index contributed by atoms with van der Waals surface area (Å²) in [4.78, 5) is 26.3. The smallest absolute Gasteiger partial charge is 0.315 e. The van der Waals surface area contributed by atoms with Crippen molar-refractivity contribution in [2.45, 2.75) is 119 Å². The normalized spacial score (nSPS) is 65.9. The third kappa shape index (κ3) is 2.01. The number of ether oxygens (including phenoxy) is 4. The number of fused-ring (bicyclic) bond motifs is 7. The van der Waals surface area contributed by atoms with Crippen molar-refractivity contribution in [3.8, 4) is 0 Å². The Hall–Kier alpha value is -1.32. The van der Waals surface area contributed by atoms with Crippen molar-refractivity contribution in [2.24, 2.45) is 28.6 Å². The van der Waals surface area contributed by atoms with E-state index in [1.54, 1.807) is 19.9 Å². The van der Waals surface area contributed by atoms with Gasteiger partial charge in [0, 0.05) is 25.2 Å². The van der Waals surface area contributed by atoms with Gasteiger partial charge in [0.15, 0.2) is 11.4 Å². The van der Waals surface area contributed by atoms with Crippen LogP contribution < -0.4 is 0 Å². The number of aliphatic hydroxyl groups is 2. The zero-order valence-corrected chi connectivity index (χ0v) is 21.4. The zero-order valence-electron chi connectivity index (χ0n) is 21.4. The summed E-state index contributed by atoms with van der Waals surface area (Å²) in [5.74, 6) is -1.42. The second kappa shape index (κ2) is 5.96. The van der Waals surface area contributed by atoms with Crippen molar-refractivity contribution in [1.82, 2.24) is 0 Å². The summed E-state index contributed by atoms with van der Waals surface area (Å²) in [6.45, 7) is 7.64. The first-order chi connectivity index (χ1) is 16.8. The Balaban J connectivity index is 1.26. The van der Waals surface area contributed by atoms with E-state index in [0.29, 0.717) is 19.3 Å². The first-order valence-electron chi connectivity index (χ1n) is 13.7. The van der Waals surface area contributed by atoms with Gasteiger partial charge in [0.2, 0.25) is 5.79 Å². The summed E-state index contributed by atoms with van der Waals surface area (Å²) >= 11 is 0. The highest BCUT2D eigenvalue weighted by Crippen LogP contribution is 2.75. The number of epoxide rings is 1. The van der Waals surface area contributed by atoms with Gasteiger partial charge in [-0.3, -0.25) is 9.59 Å². The van der Waals surface area contributed by atoms with Crippen LogP contribution in [-0.2, 0) is 28.5 Å². The Bertz CT molecular complexity index is 1150. The van der Waals surface area contributed by atoms with Crippen molar-refractivity contribution >= 4 is 11.8 Å². The number of carbonyl (C=O) groups excluding carboxylic acids is 2. The van der Waals surface area contributed by atoms with Crippen molar-refractivity contribution in [3.63, 3.8) is 0 Å². The van der Waals surface area contributed by atoms with Gasteiger partial charge >= 0.3 is 5.97 Å². The molecule has 8 heteroatoms. The molecule has 2 spiro atoms. The summed E-state index contributed by atoms with van der Waals surface area (Å²) in [6.07, 6.45) is 6.05. The first-order valence-corrected chi connectivity index (χ1v) is 13.7. The standard InChI is InChI=1S/C28H36O8/c1-14-7-8-15-18-19(20-27(35-20)9-5-6-16(29)24(15,27)4)34-28(11-10-25(14,18)36-28)26(32)13-22(2)21(30)33-17(26)12-23(22,3)31/h5-6,14-15,17-20,31-32H,7-13H2,1-4H3. The van der Waals surface area contributed by atoms with Crippen LogP contribution in [0.1, 0.15) is 72.6 Å². The molecular weight excluding hydrogens is 464 g/mol. The zero-order chi connectivity index (χ0) is 25.3. The van der Waals surface area contributed by atoms with Crippen LogP contribution in [0.4, 0.5) is 0 Å². The van der Waals surface area contributed by atoms with Crippen molar-refractivity contribution in [3.05, 3.63) is 12.2 Å². The monoisotopic (exact) mass is 500 g/mol. The highest BCUT2D eigenvalue weighted by molar-refractivity contribution is 5.98. The highest BCUT2D eigenvalue weighted by Gasteiger charge is 2.87. The molecule has 5 saturated heterocycles. The van der Waals surface area contributed by atoms with Crippen LogP contribution >= 0.6 is 0 Å². The van der Waals surface area contributed by atoms with Crippen molar-refractivity contribution in [1.29, 1.82) is 0 Å². The molecule has 5 heterocycles. The Kier molecular flexibility index (Phi) is 3.75. The number of esters is 1. The van der Waals surface area contributed by atoms with Gasteiger partial charge in [-0.25, -0.2) is 0 Å². The van der Waals surface area contributed by atoms with Gasteiger partial charge in [-0.2, -0.15) is 0 Å². The summed E-state index contributed by atoms with van der Waals surface area (Å²) < 4.78 is 26.3. The Labute approximate surface area is 210 Å². The molecule has 13 atom stereocenters. The third-order valence-corrected chi connectivity index (χ3v) is 12.8. The summed E-state index contributed by atoms with van der Waals surface area (Å²) in [6, 6.07) is 0. The van der Waals surface area contributed by atoms with Crippen LogP contribution in [0.3, 0.4) is 0 Å². The number of ketones is 1. The Morgan fingerprint density at radius 2 is 1.83 bits per heavy atom. The van der Waals surface area contributed by atoms with Crippen molar-refractivity contribution in [2.75, 3.05) is 0 Å². The Morgan fingerprint density at radius 3 is 2.58 bits per heavy atom. The van der Waals surface area contributed by atoms with E-state index in [-0.39, 0.29) is 48.6 Å². The molecule has 9 aliphatic rings. The average Bonchev–Trinajstić information content (AvgIpc) is 3.46. The molecule has 36 heavy (non-hydrogen) atoms.